The Morgan fingerprint density at radius 1 is 1.42 bits per heavy atom. The minimum Gasteiger partial charge on any atom is -0.372 e. The highest BCUT2D eigenvalue weighted by Gasteiger charge is 2.17. The summed E-state index contributed by atoms with van der Waals surface area (Å²) >= 11 is 8.17. The molecule has 8 heteroatoms. The van der Waals surface area contributed by atoms with E-state index in [0.717, 1.165) is 13.1 Å². The molecule has 0 aliphatic rings. The minimum absolute atomic E-state index is 0.0897. The maximum atomic E-state index is 13.6. The zero-order chi connectivity index (χ0) is 14.0. The third-order valence-electron chi connectivity index (χ3n) is 2.32. The second kappa shape index (κ2) is 5.98. The molecule has 1 aromatic carbocycles. The van der Waals surface area contributed by atoms with Crippen LogP contribution in [0.25, 0.3) is 0 Å². The highest BCUT2D eigenvalue weighted by Crippen LogP contribution is 2.33. The number of para-hydroxylation sites is 1. The molecular weight excluding hydrogens is 403 g/mol. The van der Waals surface area contributed by atoms with Crippen LogP contribution in [0.1, 0.15) is 4.88 Å². The van der Waals surface area contributed by atoms with Crippen molar-refractivity contribution in [1.29, 1.82) is 0 Å². The molecule has 0 amide bonds. The molecule has 2 aromatic rings. The lowest BCUT2D eigenvalue weighted by Crippen LogP contribution is -2.03. The number of rotatable bonds is 4. The molecule has 0 saturated carbocycles. The van der Waals surface area contributed by atoms with Crippen molar-refractivity contribution in [3.05, 3.63) is 53.3 Å². The second-order valence-corrected chi connectivity index (χ2v) is 6.89. The van der Waals surface area contributed by atoms with E-state index < -0.39 is 10.7 Å². The maximum absolute atomic E-state index is 13.6. The molecule has 1 N–H and O–H groups in total. The summed E-state index contributed by atoms with van der Waals surface area (Å²) in [5, 5.41) is 13.6. The fourth-order valence-corrected chi connectivity index (χ4v) is 3.61. The van der Waals surface area contributed by atoms with Gasteiger partial charge in [-0.25, -0.2) is 4.39 Å². The molecule has 100 valence electrons. The molecule has 0 bridgehead atoms. The number of benzene rings is 1. The van der Waals surface area contributed by atoms with Gasteiger partial charge in [-0.3, -0.25) is 10.1 Å². The molecule has 0 unspecified atom stereocenters. The molecule has 1 heterocycles. The van der Waals surface area contributed by atoms with Crippen LogP contribution in [0.4, 0.5) is 15.8 Å². The molecule has 0 aliphatic carbocycles. The van der Waals surface area contributed by atoms with E-state index in [1.165, 1.54) is 29.5 Å². The quantitative estimate of drug-likeness (QED) is 0.575. The summed E-state index contributed by atoms with van der Waals surface area (Å²) in [5.41, 5.74) is -0.358. The Bertz CT molecular complexity index is 614. The largest absolute Gasteiger partial charge is 0.372 e. The number of nitrogens with one attached hydrogen (secondary N) is 1. The van der Waals surface area contributed by atoms with Gasteiger partial charge >= 0.3 is 0 Å². The molecule has 0 fully saturated rings. The second-order valence-electron chi connectivity index (χ2n) is 3.58. The summed E-state index contributed by atoms with van der Waals surface area (Å²) < 4.78 is 15.4. The van der Waals surface area contributed by atoms with Crippen LogP contribution in [0.15, 0.2) is 32.5 Å². The Kier molecular flexibility index (Phi) is 4.54. The molecule has 0 atom stereocenters. The lowest BCUT2D eigenvalue weighted by molar-refractivity contribution is -0.384. The van der Waals surface area contributed by atoms with E-state index in [0.29, 0.717) is 6.54 Å². The highest BCUT2D eigenvalue weighted by molar-refractivity contribution is 9.13. The van der Waals surface area contributed by atoms with Crippen molar-refractivity contribution in [2.45, 2.75) is 6.54 Å². The molecule has 0 radical (unpaired) electrons. The summed E-state index contributed by atoms with van der Waals surface area (Å²) in [6.07, 6.45) is 0. The normalized spacial score (nSPS) is 10.5. The van der Waals surface area contributed by atoms with Gasteiger partial charge in [-0.05, 0) is 44.0 Å². The van der Waals surface area contributed by atoms with Gasteiger partial charge in [0.25, 0.3) is 5.69 Å². The molecule has 2 rings (SSSR count). The topological polar surface area (TPSA) is 55.2 Å². The van der Waals surface area contributed by atoms with Crippen molar-refractivity contribution in [2.75, 3.05) is 5.32 Å². The van der Waals surface area contributed by atoms with E-state index in [1.54, 1.807) is 0 Å². The summed E-state index contributed by atoms with van der Waals surface area (Å²) in [4.78, 5) is 11.2. The highest BCUT2D eigenvalue weighted by atomic mass is 79.9. The van der Waals surface area contributed by atoms with Gasteiger partial charge in [0.05, 0.1) is 8.71 Å². The number of nitro benzene ring substituents is 1. The lowest BCUT2D eigenvalue weighted by atomic mass is 10.2. The number of thiophene rings is 1. The smallest absolute Gasteiger partial charge is 0.295 e. The third-order valence-corrected chi connectivity index (χ3v) is 5.58. The lowest BCUT2D eigenvalue weighted by Gasteiger charge is -2.06. The number of hydrogen-bond acceptors (Lipinski definition) is 4. The van der Waals surface area contributed by atoms with Gasteiger partial charge in [0, 0.05) is 22.0 Å². The van der Waals surface area contributed by atoms with Gasteiger partial charge in [-0.1, -0.05) is 6.07 Å². The fourth-order valence-electron chi connectivity index (χ4n) is 1.49. The van der Waals surface area contributed by atoms with Gasteiger partial charge in [0.1, 0.15) is 5.69 Å². The van der Waals surface area contributed by atoms with Gasteiger partial charge < -0.3 is 5.32 Å². The molecule has 0 aliphatic heterocycles. The Balaban J connectivity index is 2.21. The Morgan fingerprint density at radius 2 is 2.16 bits per heavy atom. The third kappa shape index (κ3) is 3.31. The van der Waals surface area contributed by atoms with Crippen molar-refractivity contribution in [1.82, 2.24) is 0 Å². The summed E-state index contributed by atoms with van der Waals surface area (Å²) in [6, 6.07) is 5.65. The average Bonchev–Trinajstić information content (AvgIpc) is 2.67. The predicted octanol–water partition coefficient (Wildman–Crippen LogP) is 4.93. The fraction of sp³-hybridized carbons (Fsp3) is 0.0909. The molecule has 0 spiro atoms. The van der Waals surface area contributed by atoms with Crippen LogP contribution in [-0.4, -0.2) is 4.92 Å². The Hall–Kier alpha value is -0.990. The van der Waals surface area contributed by atoms with Crippen molar-refractivity contribution in [3.8, 4) is 0 Å². The van der Waals surface area contributed by atoms with E-state index in [-0.39, 0.29) is 11.4 Å². The number of nitro groups is 1. The van der Waals surface area contributed by atoms with Crippen LogP contribution in [0.3, 0.4) is 0 Å². The molecule has 4 nitrogen and oxygen atoms in total. The van der Waals surface area contributed by atoms with Crippen LogP contribution in [0.5, 0.6) is 0 Å². The van der Waals surface area contributed by atoms with Crippen LogP contribution in [0, 0.1) is 15.9 Å². The first-order valence-electron chi connectivity index (χ1n) is 5.09. The van der Waals surface area contributed by atoms with Crippen molar-refractivity contribution in [2.24, 2.45) is 0 Å². The van der Waals surface area contributed by atoms with Crippen LogP contribution < -0.4 is 5.32 Å². The molecule has 19 heavy (non-hydrogen) atoms. The van der Waals surface area contributed by atoms with E-state index in [9.17, 15) is 14.5 Å². The van der Waals surface area contributed by atoms with E-state index in [2.05, 4.69) is 37.2 Å². The molecule has 1 aromatic heterocycles. The number of hydrogen-bond donors (Lipinski definition) is 1. The van der Waals surface area contributed by atoms with E-state index in [1.807, 2.05) is 6.07 Å². The number of halogens is 3. The molecular formula is C11H7Br2FN2O2S. The van der Waals surface area contributed by atoms with Crippen molar-refractivity contribution < 1.29 is 9.31 Å². The standard InChI is InChI=1S/C11H7Br2FN2O2S/c12-7-4-6(19-11(7)13)5-15-10-8(14)2-1-3-9(10)16(17)18/h1-4,15H,5H2. The number of anilines is 1. The summed E-state index contributed by atoms with van der Waals surface area (Å²) in [7, 11) is 0. The Morgan fingerprint density at radius 3 is 2.74 bits per heavy atom. The number of nitrogens with zero attached hydrogens (tertiary/aromatic N) is 1. The maximum Gasteiger partial charge on any atom is 0.295 e. The average molecular weight is 410 g/mol. The van der Waals surface area contributed by atoms with Crippen molar-refractivity contribution in [3.63, 3.8) is 0 Å². The van der Waals surface area contributed by atoms with Gasteiger partial charge in [0.15, 0.2) is 5.82 Å². The van der Waals surface area contributed by atoms with E-state index in [4.69, 9.17) is 0 Å². The first-order valence-corrected chi connectivity index (χ1v) is 7.49. The molecule has 0 saturated heterocycles. The SMILES string of the molecule is O=[N+]([O-])c1cccc(F)c1NCc1cc(Br)c(Br)s1. The Labute approximate surface area is 129 Å². The van der Waals surface area contributed by atoms with Crippen LogP contribution in [0.2, 0.25) is 0 Å². The van der Waals surface area contributed by atoms with Gasteiger partial charge in [-0.15, -0.1) is 11.3 Å². The van der Waals surface area contributed by atoms with Gasteiger partial charge in [0.2, 0.25) is 0 Å². The predicted molar refractivity (Wildman–Crippen MR) is 80.1 cm³/mol. The van der Waals surface area contributed by atoms with E-state index >= 15 is 0 Å². The monoisotopic (exact) mass is 408 g/mol. The van der Waals surface area contributed by atoms with Gasteiger partial charge in [-0.2, -0.15) is 0 Å². The van der Waals surface area contributed by atoms with Crippen LogP contribution in [-0.2, 0) is 6.54 Å². The zero-order valence-corrected chi connectivity index (χ0v) is 13.3. The zero-order valence-electron chi connectivity index (χ0n) is 9.32. The first kappa shape index (κ1) is 14.4. The summed E-state index contributed by atoms with van der Waals surface area (Å²) in [5.74, 6) is -0.635. The first-order chi connectivity index (χ1) is 8.99. The van der Waals surface area contributed by atoms with Crippen LogP contribution >= 0.6 is 43.2 Å². The minimum atomic E-state index is -0.635. The summed E-state index contributed by atoms with van der Waals surface area (Å²) in [6.45, 7) is 0.316. The van der Waals surface area contributed by atoms with Crippen molar-refractivity contribution >= 4 is 54.6 Å².